The summed E-state index contributed by atoms with van der Waals surface area (Å²) in [5.74, 6) is 1.88. The second-order valence-electron chi connectivity index (χ2n) is 7.60. The van der Waals surface area contributed by atoms with E-state index in [1.807, 2.05) is 23.0 Å². The topological polar surface area (TPSA) is 78.8 Å². The van der Waals surface area contributed by atoms with Crippen molar-refractivity contribution in [2.75, 3.05) is 30.5 Å². The number of fused-ring (bicyclic) bond motifs is 1. The molecule has 0 saturated carbocycles. The molecule has 3 aromatic heterocycles. The summed E-state index contributed by atoms with van der Waals surface area (Å²) in [5, 5.41) is 17.6. The van der Waals surface area contributed by atoms with Crippen molar-refractivity contribution in [1.29, 1.82) is 0 Å². The van der Waals surface area contributed by atoms with E-state index < -0.39 is 0 Å². The van der Waals surface area contributed by atoms with Crippen LogP contribution in [-0.4, -0.2) is 46.0 Å². The molecule has 30 heavy (non-hydrogen) atoms. The first kappa shape index (κ1) is 20.9. The van der Waals surface area contributed by atoms with Crippen LogP contribution < -0.4 is 19.8 Å². The number of piperidine rings is 1. The maximum atomic E-state index is 9.55. The van der Waals surface area contributed by atoms with Crippen LogP contribution in [0.1, 0.15) is 36.8 Å². The van der Waals surface area contributed by atoms with Crippen LogP contribution in [0.2, 0.25) is 0 Å². The third-order valence-electron chi connectivity index (χ3n) is 5.68. The largest absolute Gasteiger partial charge is 0.396 e. The first-order chi connectivity index (χ1) is 14.6. The number of anilines is 2. The lowest BCUT2D eigenvalue weighted by atomic mass is 9.99. The lowest BCUT2D eigenvalue weighted by Crippen LogP contribution is -2.41. The van der Waals surface area contributed by atoms with Crippen molar-refractivity contribution in [3.8, 4) is 0 Å². The van der Waals surface area contributed by atoms with Gasteiger partial charge in [-0.25, -0.2) is 4.98 Å². The summed E-state index contributed by atoms with van der Waals surface area (Å²) < 4.78 is 4.38. The number of nitrogens with zero attached hydrogens (tertiary/aromatic N) is 5. The van der Waals surface area contributed by atoms with Crippen LogP contribution in [0.3, 0.4) is 0 Å². The minimum Gasteiger partial charge on any atom is -0.396 e. The van der Waals surface area contributed by atoms with Gasteiger partial charge in [0.2, 0.25) is 12.4 Å². The molecule has 0 unspecified atom stereocenters. The molecule has 8 nitrogen and oxygen atoms in total. The number of aromatic nitrogens is 4. The zero-order valence-electron chi connectivity index (χ0n) is 17.4. The van der Waals surface area contributed by atoms with Crippen LogP contribution in [-0.2, 0) is 6.54 Å². The van der Waals surface area contributed by atoms with E-state index in [4.69, 9.17) is 9.82 Å². The molecule has 160 valence electrons. The van der Waals surface area contributed by atoms with Crippen molar-refractivity contribution < 1.29 is 14.7 Å². The van der Waals surface area contributed by atoms with Gasteiger partial charge >= 0.3 is 0 Å². The number of aliphatic hydroxyl groups is 1. The molecule has 0 aliphatic carbocycles. The van der Waals surface area contributed by atoms with Gasteiger partial charge in [0.1, 0.15) is 18.7 Å². The Kier molecular flexibility index (Phi) is 6.38. The Bertz CT molecular complexity index is 1020. The summed E-state index contributed by atoms with van der Waals surface area (Å²) in [4.78, 5) is 12.6. The number of halogens is 1. The number of aliphatic hydroxyl groups excluding tert-OH is 1. The fourth-order valence-electron chi connectivity index (χ4n) is 4.16. The number of pyridine rings is 1. The van der Waals surface area contributed by atoms with Gasteiger partial charge < -0.3 is 15.3 Å². The number of nitrogens with one attached hydrogen (secondary N) is 1. The maximum absolute atomic E-state index is 9.55. The molecule has 0 amide bonds. The predicted octanol–water partition coefficient (Wildman–Crippen LogP) is 2.50. The van der Waals surface area contributed by atoms with Gasteiger partial charge in [-0.3, -0.25) is 4.84 Å². The molecule has 4 heterocycles. The normalized spacial score (nSPS) is 16.8. The number of hydrogen-bond donors (Lipinski definition) is 2. The first-order valence-corrected chi connectivity index (χ1v) is 11.1. The molecule has 0 radical (unpaired) electrons. The molecule has 0 spiro atoms. The predicted molar refractivity (Wildman–Crippen MR) is 119 cm³/mol. The van der Waals surface area contributed by atoms with Crippen molar-refractivity contribution in [3.63, 3.8) is 0 Å². The first-order valence-electron chi connectivity index (χ1n) is 10.3. The summed E-state index contributed by atoms with van der Waals surface area (Å²) in [6, 6.07) is 4.32. The van der Waals surface area contributed by atoms with Crippen LogP contribution in [0.25, 0.3) is 5.65 Å². The Morgan fingerprint density at radius 2 is 2.27 bits per heavy atom. The van der Waals surface area contributed by atoms with Crippen molar-refractivity contribution in [2.24, 2.45) is 0 Å². The third kappa shape index (κ3) is 4.09. The number of rotatable bonds is 7. The lowest BCUT2D eigenvalue weighted by molar-refractivity contribution is -0.885. The van der Waals surface area contributed by atoms with Crippen LogP contribution >= 0.6 is 15.9 Å². The van der Waals surface area contributed by atoms with Gasteiger partial charge in [-0.2, -0.15) is 9.61 Å². The molecule has 1 fully saturated rings. The Hall–Kier alpha value is -2.39. The molecule has 3 aromatic rings. The molecular formula is C21H28BrN6O2+. The van der Waals surface area contributed by atoms with Gasteiger partial charge in [0.25, 0.3) is 0 Å². The van der Waals surface area contributed by atoms with E-state index in [1.165, 1.54) is 6.42 Å². The van der Waals surface area contributed by atoms with Crippen molar-refractivity contribution in [1.82, 2.24) is 14.6 Å². The van der Waals surface area contributed by atoms with Crippen LogP contribution in [0.5, 0.6) is 0 Å². The molecule has 0 bridgehead atoms. The van der Waals surface area contributed by atoms with E-state index in [9.17, 15) is 5.11 Å². The van der Waals surface area contributed by atoms with Crippen LogP contribution in [0.15, 0.2) is 35.2 Å². The highest BCUT2D eigenvalue weighted by Gasteiger charge is 2.27. The molecule has 1 aliphatic heterocycles. The standard InChI is InChI=1S/C21H28BrN6O2/c1-15-19(23-12-16-6-5-9-26(14-16)30-2)28-21(18(22)13-24-28)25-20(15)27-10-4-3-7-17(27)8-11-29/h5-6,9,13-14,17,23,29H,3-4,7-8,10-12H2,1-2H3/q+1/t17-/m0/s1. The van der Waals surface area contributed by atoms with Gasteiger partial charge in [0.05, 0.1) is 10.7 Å². The monoisotopic (exact) mass is 475 g/mol. The fraction of sp³-hybridized carbons (Fsp3) is 0.476. The van der Waals surface area contributed by atoms with Gasteiger partial charge in [-0.05, 0) is 54.6 Å². The molecule has 2 N–H and O–H groups in total. The van der Waals surface area contributed by atoms with Gasteiger partial charge in [-0.15, -0.1) is 0 Å². The molecule has 1 atom stereocenters. The second kappa shape index (κ2) is 9.18. The molecule has 4 rings (SSSR count). The highest BCUT2D eigenvalue weighted by Crippen LogP contribution is 2.33. The fourth-order valence-corrected chi connectivity index (χ4v) is 4.50. The average molecular weight is 476 g/mol. The van der Waals surface area contributed by atoms with Crippen molar-refractivity contribution in [3.05, 3.63) is 46.3 Å². The van der Waals surface area contributed by atoms with Crippen LogP contribution in [0.4, 0.5) is 11.6 Å². The summed E-state index contributed by atoms with van der Waals surface area (Å²) >= 11 is 3.59. The molecular weight excluding hydrogens is 448 g/mol. The Morgan fingerprint density at radius 3 is 3.07 bits per heavy atom. The zero-order valence-corrected chi connectivity index (χ0v) is 19.0. The highest BCUT2D eigenvalue weighted by molar-refractivity contribution is 9.10. The van der Waals surface area contributed by atoms with Gasteiger partial charge in [0.15, 0.2) is 5.65 Å². The Balaban J connectivity index is 1.72. The van der Waals surface area contributed by atoms with Gasteiger partial charge in [0, 0.05) is 47.7 Å². The zero-order chi connectivity index (χ0) is 21.1. The summed E-state index contributed by atoms with van der Waals surface area (Å²) in [5.41, 5.74) is 2.93. The highest BCUT2D eigenvalue weighted by atomic mass is 79.9. The smallest absolute Gasteiger partial charge is 0.227 e. The molecule has 9 heteroatoms. The van der Waals surface area contributed by atoms with E-state index in [0.717, 1.165) is 58.7 Å². The lowest BCUT2D eigenvalue weighted by Gasteiger charge is -2.37. The van der Waals surface area contributed by atoms with Crippen molar-refractivity contribution >= 4 is 33.2 Å². The summed E-state index contributed by atoms with van der Waals surface area (Å²) in [7, 11) is 1.64. The quantitative estimate of drug-likeness (QED) is 0.511. The Morgan fingerprint density at radius 1 is 1.40 bits per heavy atom. The minimum absolute atomic E-state index is 0.192. The van der Waals surface area contributed by atoms with E-state index in [2.05, 4.69) is 44.2 Å². The molecule has 1 saturated heterocycles. The van der Waals surface area contributed by atoms with E-state index >= 15 is 0 Å². The third-order valence-corrected chi connectivity index (χ3v) is 6.24. The average Bonchev–Trinajstić information content (AvgIpc) is 3.14. The maximum Gasteiger partial charge on any atom is 0.227 e. The summed E-state index contributed by atoms with van der Waals surface area (Å²) in [6.45, 7) is 3.86. The molecule has 0 aromatic carbocycles. The van der Waals surface area contributed by atoms with Crippen LogP contribution in [0, 0.1) is 6.92 Å². The SMILES string of the molecule is CO[n+]1cccc(CNc2c(C)c(N3CCCC[C@H]3CCO)nc3c(Br)cnn23)c1. The minimum atomic E-state index is 0.192. The molecule has 1 aliphatic rings. The Labute approximate surface area is 184 Å². The summed E-state index contributed by atoms with van der Waals surface area (Å²) in [6.07, 6.45) is 9.76. The van der Waals surface area contributed by atoms with E-state index in [-0.39, 0.29) is 6.61 Å². The second-order valence-corrected chi connectivity index (χ2v) is 8.45. The van der Waals surface area contributed by atoms with E-state index in [1.54, 1.807) is 18.0 Å². The number of hydrogen-bond acceptors (Lipinski definition) is 6. The van der Waals surface area contributed by atoms with Crippen molar-refractivity contribution in [2.45, 2.75) is 45.2 Å². The van der Waals surface area contributed by atoms with Gasteiger partial charge in [-0.1, -0.05) is 0 Å². The van der Waals surface area contributed by atoms with E-state index in [0.29, 0.717) is 12.6 Å².